The molecule has 0 radical (unpaired) electrons. The Morgan fingerprint density at radius 2 is 2.24 bits per heavy atom. The lowest BCUT2D eigenvalue weighted by atomic mass is 10.2. The van der Waals surface area contributed by atoms with Crippen LogP contribution in [0.15, 0.2) is 30.6 Å². The van der Waals surface area contributed by atoms with E-state index in [4.69, 9.17) is 22.3 Å². The maximum atomic E-state index is 6.37. The van der Waals surface area contributed by atoms with Gasteiger partial charge in [-0.05, 0) is 24.6 Å². The summed E-state index contributed by atoms with van der Waals surface area (Å²) in [7, 11) is 0. The summed E-state index contributed by atoms with van der Waals surface area (Å²) >= 11 is 6.37. The summed E-state index contributed by atoms with van der Waals surface area (Å²) in [6.45, 7) is 4.85. The molecule has 1 atom stereocenters. The van der Waals surface area contributed by atoms with Crippen LogP contribution in [0.25, 0.3) is 16.7 Å². The van der Waals surface area contributed by atoms with Crippen LogP contribution in [0, 0.1) is 0 Å². The Hall–Kier alpha value is -2.38. The highest BCUT2D eigenvalue weighted by molar-refractivity contribution is 6.32. The van der Waals surface area contributed by atoms with Gasteiger partial charge in [-0.15, -0.1) is 0 Å². The van der Waals surface area contributed by atoms with Gasteiger partial charge < -0.3 is 16.0 Å². The first-order valence-electron chi connectivity index (χ1n) is 8.40. The Morgan fingerprint density at radius 3 is 3.08 bits per heavy atom. The molecule has 25 heavy (non-hydrogen) atoms. The topological polar surface area (TPSA) is 84.9 Å². The molecule has 3 N–H and O–H groups in total. The van der Waals surface area contributed by atoms with Crippen molar-refractivity contribution >= 4 is 34.1 Å². The van der Waals surface area contributed by atoms with E-state index >= 15 is 0 Å². The molecule has 1 fully saturated rings. The van der Waals surface area contributed by atoms with E-state index in [-0.39, 0.29) is 0 Å². The number of halogens is 1. The number of nitrogens with two attached hydrogens (primary N) is 1. The predicted octanol–water partition coefficient (Wildman–Crippen LogP) is 2.24. The molecule has 1 aromatic carbocycles. The normalized spacial score (nSPS) is 18.0. The number of nitrogen functional groups attached to an aromatic ring is 1. The van der Waals surface area contributed by atoms with Crippen molar-refractivity contribution in [3.8, 4) is 5.82 Å². The smallest absolute Gasteiger partial charge is 0.227 e. The molecule has 1 unspecified atom stereocenters. The van der Waals surface area contributed by atoms with E-state index in [1.807, 2.05) is 18.2 Å². The predicted molar refractivity (Wildman–Crippen MR) is 100 cm³/mol. The van der Waals surface area contributed by atoms with Crippen LogP contribution in [0.2, 0.25) is 5.02 Å². The first-order chi connectivity index (χ1) is 12.2. The summed E-state index contributed by atoms with van der Waals surface area (Å²) in [5.41, 5.74) is 7.46. The number of piperazine rings is 1. The van der Waals surface area contributed by atoms with Gasteiger partial charge in [0.25, 0.3) is 0 Å². The first-order valence-corrected chi connectivity index (χ1v) is 8.78. The van der Waals surface area contributed by atoms with E-state index in [9.17, 15) is 0 Å². The number of hydrogen-bond acceptors (Lipinski definition) is 6. The van der Waals surface area contributed by atoms with Crippen molar-refractivity contribution in [3.63, 3.8) is 0 Å². The average molecular weight is 358 g/mol. The largest absolute Gasteiger partial charge is 0.399 e. The Morgan fingerprint density at radius 1 is 1.36 bits per heavy atom. The van der Waals surface area contributed by atoms with Crippen LogP contribution in [0.5, 0.6) is 0 Å². The molecule has 8 heteroatoms. The zero-order chi connectivity index (χ0) is 17.4. The summed E-state index contributed by atoms with van der Waals surface area (Å²) < 4.78 is 1.74. The molecule has 1 aliphatic rings. The number of hydrogen-bond donors (Lipinski definition) is 2. The van der Waals surface area contributed by atoms with Crippen LogP contribution in [0.4, 0.5) is 11.6 Å². The van der Waals surface area contributed by atoms with Crippen molar-refractivity contribution in [1.82, 2.24) is 25.1 Å². The summed E-state index contributed by atoms with van der Waals surface area (Å²) in [5, 5.41) is 9.35. The van der Waals surface area contributed by atoms with E-state index in [1.165, 1.54) is 0 Å². The van der Waals surface area contributed by atoms with Crippen LogP contribution >= 0.6 is 11.6 Å². The number of benzene rings is 1. The van der Waals surface area contributed by atoms with Gasteiger partial charge >= 0.3 is 0 Å². The second-order valence-corrected chi connectivity index (χ2v) is 6.63. The molecule has 0 saturated carbocycles. The second kappa shape index (κ2) is 6.50. The fraction of sp³-hybridized carbons (Fsp3) is 0.353. The summed E-state index contributed by atoms with van der Waals surface area (Å²) in [6.07, 6.45) is 4.48. The van der Waals surface area contributed by atoms with Crippen molar-refractivity contribution in [2.75, 3.05) is 30.3 Å². The summed E-state index contributed by atoms with van der Waals surface area (Å²) in [6, 6.07) is 6.11. The number of nitrogens with zero attached hydrogens (tertiary/aromatic N) is 5. The van der Waals surface area contributed by atoms with Gasteiger partial charge in [0.15, 0.2) is 5.82 Å². The maximum Gasteiger partial charge on any atom is 0.227 e. The molecule has 3 heterocycles. The lowest BCUT2D eigenvalue weighted by Crippen LogP contribution is -2.51. The highest BCUT2D eigenvalue weighted by Gasteiger charge is 2.21. The Balaban J connectivity index is 1.74. The highest BCUT2D eigenvalue weighted by Crippen LogP contribution is 2.25. The van der Waals surface area contributed by atoms with Gasteiger partial charge in [0.05, 0.1) is 17.9 Å². The zero-order valence-corrected chi connectivity index (χ0v) is 14.7. The summed E-state index contributed by atoms with van der Waals surface area (Å²) in [4.78, 5) is 11.3. The van der Waals surface area contributed by atoms with E-state index in [1.54, 1.807) is 17.1 Å². The molecule has 1 saturated heterocycles. The van der Waals surface area contributed by atoms with Crippen LogP contribution in [0.1, 0.15) is 13.3 Å². The lowest BCUT2D eigenvalue weighted by molar-refractivity contribution is 0.442. The van der Waals surface area contributed by atoms with Gasteiger partial charge in [-0.25, -0.2) is 9.67 Å². The van der Waals surface area contributed by atoms with Crippen LogP contribution in [0.3, 0.4) is 0 Å². The van der Waals surface area contributed by atoms with Crippen molar-refractivity contribution in [2.45, 2.75) is 19.4 Å². The Kier molecular flexibility index (Phi) is 4.19. The SMILES string of the molecule is CCC1CN(c2ncc(Cl)c(-n3ncc4cc(N)ccc43)n2)CCN1. The molecular weight excluding hydrogens is 338 g/mol. The van der Waals surface area contributed by atoms with Crippen molar-refractivity contribution in [3.05, 3.63) is 35.6 Å². The van der Waals surface area contributed by atoms with Gasteiger partial charge in [-0.3, -0.25) is 0 Å². The molecule has 0 aliphatic carbocycles. The molecule has 1 aliphatic heterocycles. The minimum absolute atomic E-state index is 0.449. The van der Waals surface area contributed by atoms with E-state index in [0.29, 0.717) is 28.5 Å². The molecular formula is C17H20ClN7. The minimum Gasteiger partial charge on any atom is -0.399 e. The third kappa shape index (κ3) is 3.01. The van der Waals surface area contributed by atoms with Gasteiger partial charge in [0.1, 0.15) is 5.02 Å². The molecule has 130 valence electrons. The van der Waals surface area contributed by atoms with E-state index in [0.717, 1.165) is 37.0 Å². The molecule has 2 aromatic heterocycles. The fourth-order valence-electron chi connectivity index (χ4n) is 3.15. The number of rotatable bonds is 3. The van der Waals surface area contributed by atoms with E-state index < -0.39 is 0 Å². The lowest BCUT2D eigenvalue weighted by Gasteiger charge is -2.33. The van der Waals surface area contributed by atoms with E-state index in [2.05, 4.69) is 27.2 Å². The summed E-state index contributed by atoms with van der Waals surface area (Å²) in [5.74, 6) is 1.26. The standard InChI is InChI=1S/C17H20ClN7/c1-2-13-10-24(6-5-20-13)17-21-9-14(18)16(23-17)25-15-4-3-12(19)7-11(15)8-22-25/h3-4,7-9,13,20H,2,5-6,10,19H2,1H3. The third-order valence-electron chi connectivity index (χ3n) is 4.54. The molecule has 7 nitrogen and oxygen atoms in total. The monoisotopic (exact) mass is 357 g/mol. The number of aromatic nitrogens is 4. The Labute approximate surface area is 150 Å². The quantitative estimate of drug-likeness (QED) is 0.699. The van der Waals surface area contributed by atoms with Gasteiger partial charge in [-0.2, -0.15) is 10.1 Å². The number of nitrogens with one attached hydrogen (secondary N) is 1. The van der Waals surface area contributed by atoms with Gasteiger partial charge in [0.2, 0.25) is 5.95 Å². The number of fused-ring (bicyclic) bond motifs is 1. The highest BCUT2D eigenvalue weighted by atomic mass is 35.5. The molecule has 3 aromatic rings. The first kappa shape index (κ1) is 16.1. The van der Waals surface area contributed by atoms with Crippen molar-refractivity contribution < 1.29 is 0 Å². The van der Waals surface area contributed by atoms with Crippen LogP contribution < -0.4 is 16.0 Å². The Bertz CT molecular complexity index is 907. The van der Waals surface area contributed by atoms with Gasteiger partial charge in [0, 0.05) is 36.7 Å². The zero-order valence-electron chi connectivity index (χ0n) is 14.0. The average Bonchev–Trinajstić information content (AvgIpc) is 3.05. The molecule has 4 rings (SSSR count). The van der Waals surface area contributed by atoms with Crippen LogP contribution in [-0.2, 0) is 0 Å². The fourth-order valence-corrected chi connectivity index (χ4v) is 3.32. The molecule has 0 amide bonds. The third-order valence-corrected chi connectivity index (χ3v) is 4.80. The minimum atomic E-state index is 0.449. The molecule has 0 spiro atoms. The number of anilines is 2. The second-order valence-electron chi connectivity index (χ2n) is 6.22. The molecule has 0 bridgehead atoms. The van der Waals surface area contributed by atoms with Crippen molar-refractivity contribution in [2.24, 2.45) is 0 Å². The van der Waals surface area contributed by atoms with Gasteiger partial charge in [-0.1, -0.05) is 18.5 Å². The van der Waals surface area contributed by atoms with Crippen molar-refractivity contribution in [1.29, 1.82) is 0 Å². The van der Waals surface area contributed by atoms with Crippen LogP contribution in [-0.4, -0.2) is 45.4 Å². The maximum absolute atomic E-state index is 6.37.